The molecule has 2 aromatic rings. The molecule has 1 saturated heterocycles. The lowest BCUT2D eigenvalue weighted by Crippen LogP contribution is -2.36. The van der Waals surface area contributed by atoms with Crippen LogP contribution in [0.3, 0.4) is 0 Å². The molecular weight excluding hydrogens is 316 g/mol. The summed E-state index contributed by atoms with van der Waals surface area (Å²) in [6.07, 6.45) is 1.85. The van der Waals surface area contributed by atoms with Crippen LogP contribution in [0.4, 0.5) is 0 Å². The summed E-state index contributed by atoms with van der Waals surface area (Å²) in [4.78, 5) is 14.4. The molecule has 1 aliphatic heterocycles. The molecule has 1 fully saturated rings. The summed E-state index contributed by atoms with van der Waals surface area (Å²) < 4.78 is 30.2. The Hall–Kier alpha value is -1.86. The van der Waals surface area contributed by atoms with Crippen LogP contribution in [0.25, 0.3) is 11.0 Å². The molecule has 0 spiro atoms. The van der Waals surface area contributed by atoms with Crippen molar-refractivity contribution in [3.05, 3.63) is 35.6 Å². The summed E-state index contributed by atoms with van der Waals surface area (Å²) in [7, 11) is -3.21. The number of carbonyl (C=O) groups excluding carboxylic acids is 1. The Balaban J connectivity index is 1.78. The van der Waals surface area contributed by atoms with Gasteiger partial charge in [0.15, 0.2) is 0 Å². The van der Waals surface area contributed by atoms with E-state index in [9.17, 15) is 13.2 Å². The highest BCUT2D eigenvalue weighted by atomic mass is 32.2. The van der Waals surface area contributed by atoms with Crippen LogP contribution in [0.2, 0.25) is 0 Å². The quantitative estimate of drug-likeness (QED) is 0.839. The van der Waals surface area contributed by atoms with Gasteiger partial charge in [0.1, 0.15) is 11.3 Å². The molecule has 0 aliphatic carbocycles. The highest BCUT2D eigenvalue weighted by molar-refractivity contribution is 7.88. The molecule has 6 nitrogen and oxygen atoms in total. The highest BCUT2D eigenvalue weighted by Crippen LogP contribution is 2.21. The predicted molar refractivity (Wildman–Crippen MR) is 87.9 cm³/mol. The van der Waals surface area contributed by atoms with Crippen molar-refractivity contribution in [2.45, 2.75) is 13.3 Å². The van der Waals surface area contributed by atoms with Gasteiger partial charge in [0.25, 0.3) is 5.91 Å². The molecule has 0 saturated carbocycles. The van der Waals surface area contributed by atoms with Gasteiger partial charge in [0, 0.05) is 37.1 Å². The summed E-state index contributed by atoms with van der Waals surface area (Å²) >= 11 is 0. The summed E-state index contributed by atoms with van der Waals surface area (Å²) in [5.41, 5.74) is 1.37. The van der Waals surface area contributed by atoms with Crippen LogP contribution in [-0.4, -0.2) is 56.0 Å². The second-order valence-corrected chi connectivity index (χ2v) is 7.90. The first-order valence-corrected chi connectivity index (χ1v) is 9.44. The summed E-state index contributed by atoms with van der Waals surface area (Å²) in [5.74, 6) is 0.740. The average molecular weight is 336 g/mol. The van der Waals surface area contributed by atoms with Gasteiger partial charge in [-0.15, -0.1) is 0 Å². The van der Waals surface area contributed by atoms with Crippen molar-refractivity contribution in [3.8, 4) is 0 Å². The summed E-state index contributed by atoms with van der Waals surface area (Å²) in [6.45, 7) is 3.65. The minimum atomic E-state index is -3.21. The standard InChI is InChI=1S/C16H20N2O4S/c1-12-10-14-11-13(4-5-15(14)22-12)16(19)17-6-3-7-18(9-8-17)23(2,20)21/h4-5,10-11H,3,6-9H2,1-2H3. The number of hydrogen-bond acceptors (Lipinski definition) is 4. The SMILES string of the molecule is Cc1cc2cc(C(=O)N3CCCN(S(C)(=O)=O)CC3)ccc2o1. The maximum Gasteiger partial charge on any atom is 0.253 e. The van der Waals surface area contributed by atoms with Gasteiger partial charge in [-0.3, -0.25) is 4.79 Å². The van der Waals surface area contributed by atoms with E-state index in [0.717, 1.165) is 16.7 Å². The van der Waals surface area contributed by atoms with Gasteiger partial charge < -0.3 is 9.32 Å². The zero-order chi connectivity index (χ0) is 16.6. The van der Waals surface area contributed by atoms with Gasteiger partial charge >= 0.3 is 0 Å². The van der Waals surface area contributed by atoms with Crippen molar-refractivity contribution in [2.24, 2.45) is 0 Å². The largest absolute Gasteiger partial charge is 0.461 e. The molecule has 124 valence electrons. The number of furan rings is 1. The van der Waals surface area contributed by atoms with Crippen LogP contribution in [0.15, 0.2) is 28.7 Å². The van der Waals surface area contributed by atoms with Gasteiger partial charge in [-0.25, -0.2) is 12.7 Å². The molecule has 0 N–H and O–H groups in total. The van der Waals surface area contributed by atoms with E-state index in [1.165, 1.54) is 10.6 Å². The van der Waals surface area contributed by atoms with Crippen molar-refractivity contribution in [1.29, 1.82) is 0 Å². The van der Waals surface area contributed by atoms with Gasteiger partial charge in [-0.05, 0) is 37.6 Å². The van der Waals surface area contributed by atoms with E-state index in [1.807, 2.05) is 19.1 Å². The van der Waals surface area contributed by atoms with Gasteiger partial charge in [-0.2, -0.15) is 0 Å². The summed E-state index contributed by atoms with van der Waals surface area (Å²) in [5, 5.41) is 0.904. The number of rotatable bonds is 2. The molecule has 1 aliphatic rings. The minimum absolute atomic E-state index is 0.0684. The lowest BCUT2D eigenvalue weighted by atomic mass is 10.1. The van der Waals surface area contributed by atoms with E-state index in [1.54, 1.807) is 17.0 Å². The number of aryl methyl sites for hydroxylation is 1. The second kappa shape index (κ2) is 5.98. The molecule has 1 amide bonds. The Morgan fingerprint density at radius 3 is 2.65 bits per heavy atom. The van der Waals surface area contributed by atoms with Crippen molar-refractivity contribution in [3.63, 3.8) is 0 Å². The van der Waals surface area contributed by atoms with Gasteiger partial charge in [0.05, 0.1) is 6.26 Å². The molecule has 0 atom stereocenters. The monoisotopic (exact) mass is 336 g/mol. The van der Waals surface area contributed by atoms with Crippen LogP contribution in [0, 0.1) is 6.92 Å². The molecule has 1 aromatic heterocycles. The zero-order valence-corrected chi connectivity index (χ0v) is 14.1. The fourth-order valence-electron chi connectivity index (χ4n) is 2.92. The fraction of sp³-hybridized carbons (Fsp3) is 0.438. The molecule has 0 bridgehead atoms. The molecule has 1 aromatic carbocycles. The number of nitrogens with zero attached hydrogens (tertiary/aromatic N) is 2. The molecule has 0 radical (unpaired) electrons. The Morgan fingerprint density at radius 1 is 1.13 bits per heavy atom. The van der Waals surface area contributed by atoms with Crippen molar-refractivity contribution >= 4 is 26.9 Å². The van der Waals surface area contributed by atoms with E-state index in [2.05, 4.69) is 0 Å². The van der Waals surface area contributed by atoms with E-state index in [-0.39, 0.29) is 5.91 Å². The molecule has 7 heteroatoms. The first-order chi connectivity index (χ1) is 10.8. The number of hydrogen-bond donors (Lipinski definition) is 0. The Kier molecular flexibility index (Phi) is 4.16. The van der Waals surface area contributed by atoms with Gasteiger partial charge in [-0.1, -0.05) is 0 Å². The molecule has 23 heavy (non-hydrogen) atoms. The third-order valence-electron chi connectivity index (χ3n) is 4.10. The maximum absolute atomic E-state index is 12.7. The van der Waals surface area contributed by atoms with Crippen LogP contribution < -0.4 is 0 Å². The Bertz CT molecular complexity index is 841. The second-order valence-electron chi connectivity index (χ2n) is 5.92. The van der Waals surface area contributed by atoms with E-state index in [0.29, 0.717) is 38.2 Å². The normalized spacial score (nSPS) is 17.4. The number of fused-ring (bicyclic) bond motifs is 1. The molecule has 2 heterocycles. The lowest BCUT2D eigenvalue weighted by Gasteiger charge is -2.21. The summed E-state index contributed by atoms with van der Waals surface area (Å²) in [6, 6.07) is 7.29. The minimum Gasteiger partial charge on any atom is -0.461 e. The topological polar surface area (TPSA) is 70.8 Å². The first kappa shape index (κ1) is 16.0. The van der Waals surface area contributed by atoms with Crippen molar-refractivity contribution < 1.29 is 17.6 Å². The fourth-order valence-corrected chi connectivity index (χ4v) is 3.79. The third kappa shape index (κ3) is 3.40. The number of carbonyl (C=O) groups is 1. The molecule has 3 rings (SSSR count). The van der Waals surface area contributed by atoms with Crippen LogP contribution in [-0.2, 0) is 10.0 Å². The first-order valence-electron chi connectivity index (χ1n) is 7.59. The van der Waals surface area contributed by atoms with Crippen LogP contribution >= 0.6 is 0 Å². The third-order valence-corrected chi connectivity index (χ3v) is 5.40. The smallest absolute Gasteiger partial charge is 0.253 e. The van der Waals surface area contributed by atoms with Crippen molar-refractivity contribution in [2.75, 3.05) is 32.4 Å². The Morgan fingerprint density at radius 2 is 1.91 bits per heavy atom. The number of benzene rings is 1. The van der Waals surface area contributed by atoms with Gasteiger partial charge in [0.2, 0.25) is 10.0 Å². The maximum atomic E-state index is 12.7. The molecular formula is C16H20N2O4S. The zero-order valence-electron chi connectivity index (χ0n) is 13.3. The number of sulfonamides is 1. The van der Waals surface area contributed by atoms with Crippen molar-refractivity contribution in [1.82, 2.24) is 9.21 Å². The average Bonchev–Trinajstić information content (AvgIpc) is 2.70. The predicted octanol–water partition coefficient (Wildman–Crippen LogP) is 1.85. The van der Waals surface area contributed by atoms with Crippen LogP contribution in [0.5, 0.6) is 0 Å². The molecule has 0 unspecified atom stereocenters. The Labute approximate surface area is 135 Å². The van der Waals surface area contributed by atoms with E-state index in [4.69, 9.17) is 4.42 Å². The van der Waals surface area contributed by atoms with E-state index < -0.39 is 10.0 Å². The lowest BCUT2D eigenvalue weighted by molar-refractivity contribution is 0.0764. The highest BCUT2D eigenvalue weighted by Gasteiger charge is 2.24. The van der Waals surface area contributed by atoms with E-state index >= 15 is 0 Å². The van der Waals surface area contributed by atoms with Crippen LogP contribution in [0.1, 0.15) is 22.5 Å². The number of amides is 1.